The summed E-state index contributed by atoms with van der Waals surface area (Å²) in [5.41, 5.74) is -1.77. The van der Waals surface area contributed by atoms with Gasteiger partial charge in [0.25, 0.3) is 0 Å². The molecule has 1 N–H and O–H groups in total. The van der Waals surface area contributed by atoms with Crippen LogP contribution in [0.3, 0.4) is 0 Å². The zero-order chi connectivity index (χ0) is 13.2. The summed E-state index contributed by atoms with van der Waals surface area (Å²) in [4.78, 5) is 0. The second-order valence-corrected chi connectivity index (χ2v) is 4.79. The molecule has 0 aliphatic carbocycles. The van der Waals surface area contributed by atoms with Crippen molar-refractivity contribution in [2.45, 2.75) is 25.1 Å². The Morgan fingerprint density at radius 2 is 2.00 bits per heavy atom. The van der Waals surface area contributed by atoms with Crippen LogP contribution >= 0.6 is 0 Å². The highest BCUT2D eigenvalue weighted by atomic mass is 19.1. The van der Waals surface area contributed by atoms with Crippen LogP contribution in [0.25, 0.3) is 0 Å². The van der Waals surface area contributed by atoms with E-state index in [9.17, 15) is 13.2 Å². The van der Waals surface area contributed by atoms with E-state index in [1.807, 2.05) is 0 Å². The van der Waals surface area contributed by atoms with Crippen molar-refractivity contribution in [1.82, 2.24) is 5.32 Å². The Morgan fingerprint density at radius 1 is 1.33 bits per heavy atom. The molecule has 1 aliphatic rings. The Labute approximate surface area is 104 Å². The normalized spacial score (nSPS) is 23.7. The molecule has 2 atom stereocenters. The lowest BCUT2D eigenvalue weighted by molar-refractivity contribution is 0.0473. The monoisotopic (exact) mass is 259 g/mol. The summed E-state index contributed by atoms with van der Waals surface area (Å²) in [6.07, 6.45) is 0.121. The summed E-state index contributed by atoms with van der Waals surface area (Å²) in [6, 6.07) is 2.67. The van der Waals surface area contributed by atoms with Crippen LogP contribution < -0.4 is 5.32 Å². The third-order valence-corrected chi connectivity index (χ3v) is 3.09. The highest BCUT2D eigenvalue weighted by Gasteiger charge is 2.31. The minimum Gasteiger partial charge on any atom is -0.379 e. The lowest BCUT2D eigenvalue weighted by Gasteiger charge is -2.30. The third-order valence-electron chi connectivity index (χ3n) is 3.09. The van der Waals surface area contributed by atoms with E-state index in [0.29, 0.717) is 19.8 Å². The van der Waals surface area contributed by atoms with E-state index < -0.39 is 17.3 Å². The van der Waals surface area contributed by atoms with Crippen LogP contribution in [-0.2, 0) is 10.4 Å². The number of halogens is 3. The maximum Gasteiger partial charge on any atom is 0.135 e. The molecule has 2 nitrogen and oxygen atoms in total. The summed E-state index contributed by atoms with van der Waals surface area (Å²) >= 11 is 0. The van der Waals surface area contributed by atoms with Gasteiger partial charge in [-0.15, -0.1) is 0 Å². The van der Waals surface area contributed by atoms with Gasteiger partial charge in [-0.05, 0) is 24.6 Å². The molecule has 0 spiro atoms. The summed E-state index contributed by atoms with van der Waals surface area (Å²) in [5, 5.41) is 3.12. The van der Waals surface area contributed by atoms with Gasteiger partial charge >= 0.3 is 0 Å². The fourth-order valence-electron chi connectivity index (χ4n) is 2.19. The number of alkyl halides is 1. The van der Waals surface area contributed by atoms with Crippen LogP contribution in [0.5, 0.6) is 0 Å². The van der Waals surface area contributed by atoms with Gasteiger partial charge in [-0.25, -0.2) is 13.2 Å². The van der Waals surface area contributed by atoms with Gasteiger partial charge in [0.2, 0.25) is 0 Å². The van der Waals surface area contributed by atoms with Crippen LogP contribution in [0.4, 0.5) is 13.2 Å². The predicted molar refractivity (Wildman–Crippen MR) is 62.0 cm³/mol. The zero-order valence-corrected chi connectivity index (χ0v) is 10.2. The Hall–Kier alpha value is -1.07. The van der Waals surface area contributed by atoms with Gasteiger partial charge in [-0.3, -0.25) is 0 Å². The summed E-state index contributed by atoms with van der Waals surface area (Å²) in [5.74, 6) is -1.52. The van der Waals surface area contributed by atoms with Gasteiger partial charge in [-0.1, -0.05) is 0 Å². The summed E-state index contributed by atoms with van der Waals surface area (Å²) < 4.78 is 46.0. The van der Waals surface area contributed by atoms with Crippen molar-refractivity contribution in [3.05, 3.63) is 35.4 Å². The Bertz CT molecular complexity index is 396. The molecule has 2 rings (SSSR count). The van der Waals surface area contributed by atoms with Crippen LogP contribution in [0.15, 0.2) is 18.2 Å². The number of rotatable bonds is 3. The molecule has 1 fully saturated rings. The average Bonchev–Trinajstić information content (AvgIpc) is 2.28. The van der Waals surface area contributed by atoms with Crippen molar-refractivity contribution in [3.63, 3.8) is 0 Å². The van der Waals surface area contributed by atoms with Crippen molar-refractivity contribution < 1.29 is 17.9 Å². The molecule has 1 aliphatic heterocycles. The van der Waals surface area contributed by atoms with Gasteiger partial charge in [0.15, 0.2) is 0 Å². The third kappa shape index (κ3) is 3.23. The molecule has 100 valence electrons. The van der Waals surface area contributed by atoms with Crippen molar-refractivity contribution >= 4 is 0 Å². The second-order valence-electron chi connectivity index (χ2n) is 4.79. The van der Waals surface area contributed by atoms with E-state index >= 15 is 0 Å². The van der Waals surface area contributed by atoms with E-state index in [0.717, 1.165) is 18.2 Å². The molecule has 5 heteroatoms. The maximum absolute atomic E-state index is 14.5. The molecule has 0 saturated carbocycles. The predicted octanol–water partition coefficient (Wildman–Crippen LogP) is 2.53. The van der Waals surface area contributed by atoms with Gasteiger partial charge in [0.05, 0.1) is 13.2 Å². The Balaban J connectivity index is 2.13. The van der Waals surface area contributed by atoms with Gasteiger partial charge in [0.1, 0.15) is 17.3 Å². The Kier molecular flexibility index (Phi) is 3.92. The highest BCUT2D eigenvalue weighted by molar-refractivity contribution is 5.24. The lowest BCUT2D eigenvalue weighted by atomic mass is 9.90. The highest BCUT2D eigenvalue weighted by Crippen LogP contribution is 2.32. The van der Waals surface area contributed by atoms with Gasteiger partial charge in [-0.2, -0.15) is 0 Å². The zero-order valence-electron chi connectivity index (χ0n) is 10.2. The molecular weight excluding hydrogens is 243 g/mol. The molecule has 0 amide bonds. The van der Waals surface area contributed by atoms with Gasteiger partial charge < -0.3 is 10.1 Å². The Morgan fingerprint density at radius 3 is 2.56 bits per heavy atom. The smallest absolute Gasteiger partial charge is 0.135 e. The SMILES string of the molecule is CC(F)(CC1COCCN1)c1cc(F)cc(F)c1. The van der Waals surface area contributed by atoms with Crippen molar-refractivity contribution in [2.75, 3.05) is 19.8 Å². The average molecular weight is 259 g/mol. The summed E-state index contributed by atoms with van der Waals surface area (Å²) in [6.45, 7) is 3.02. The van der Waals surface area contributed by atoms with E-state index in [2.05, 4.69) is 5.32 Å². The number of hydrogen-bond acceptors (Lipinski definition) is 2. The summed E-state index contributed by atoms with van der Waals surface area (Å²) in [7, 11) is 0. The fourth-order valence-corrected chi connectivity index (χ4v) is 2.19. The number of nitrogens with one attached hydrogen (secondary N) is 1. The van der Waals surface area contributed by atoms with Crippen molar-refractivity contribution in [3.8, 4) is 0 Å². The van der Waals surface area contributed by atoms with E-state index in [1.165, 1.54) is 6.92 Å². The molecule has 1 aromatic rings. The van der Waals surface area contributed by atoms with Crippen molar-refractivity contribution in [1.29, 1.82) is 0 Å². The molecule has 2 unspecified atom stereocenters. The van der Waals surface area contributed by atoms with E-state index in [4.69, 9.17) is 4.74 Å². The number of morpholine rings is 1. The molecule has 1 saturated heterocycles. The molecule has 0 bridgehead atoms. The molecule has 0 radical (unpaired) electrons. The second kappa shape index (κ2) is 5.28. The van der Waals surface area contributed by atoms with E-state index in [1.54, 1.807) is 0 Å². The van der Waals surface area contributed by atoms with Crippen LogP contribution in [0.1, 0.15) is 18.9 Å². The molecule has 0 aromatic heterocycles. The molecular formula is C13H16F3NO. The van der Waals surface area contributed by atoms with Crippen molar-refractivity contribution in [2.24, 2.45) is 0 Å². The quantitative estimate of drug-likeness (QED) is 0.900. The fraction of sp³-hybridized carbons (Fsp3) is 0.538. The van der Waals surface area contributed by atoms with Crippen LogP contribution in [-0.4, -0.2) is 25.8 Å². The van der Waals surface area contributed by atoms with Crippen LogP contribution in [0, 0.1) is 11.6 Å². The molecule has 1 aromatic carbocycles. The minimum atomic E-state index is -1.79. The number of hydrogen-bond donors (Lipinski definition) is 1. The first-order valence-corrected chi connectivity index (χ1v) is 5.94. The van der Waals surface area contributed by atoms with Gasteiger partial charge in [0, 0.05) is 25.1 Å². The number of benzene rings is 1. The first-order chi connectivity index (χ1) is 8.47. The largest absolute Gasteiger partial charge is 0.379 e. The maximum atomic E-state index is 14.5. The standard InChI is InChI=1S/C13H16F3NO/c1-13(16,7-12-8-18-3-2-17-12)9-4-10(14)6-11(15)5-9/h4-6,12,17H,2-3,7-8H2,1H3. The minimum absolute atomic E-state index is 0.0207. The van der Waals surface area contributed by atoms with Crippen LogP contribution in [0.2, 0.25) is 0 Å². The number of ether oxygens (including phenoxy) is 1. The first kappa shape index (κ1) is 13.4. The lowest BCUT2D eigenvalue weighted by Crippen LogP contribution is -2.44. The first-order valence-electron chi connectivity index (χ1n) is 5.94. The molecule has 18 heavy (non-hydrogen) atoms. The molecule has 1 heterocycles. The van der Waals surface area contributed by atoms with E-state index in [-0.39, 0.29) is 18.0 Å². The topological polar surface area (TPSA) is 21.3 Å².